The molecular formula is C28H28ClFN6O. The molecule has 1 atom stereocenters. The average molecular weight is 519 g/mol. The Hall–Kier alpha value is -3.62. The molecule has 3 heterocycles. The van der Waals surface area contributed by atoms with E-state index in [4.69, 9.17) is 11.6 Å². The van der Waals surface area contributed by atoms with E-state index in [1.807, 2.05) is 37.5 Å². The minimum absolute atomic E-state index is 0.0518. The van der Waals surface area contributed by atoms with Crippen molar-refractivity contribution in [3.05, 3.63) is 83.2 Å². The molecule has 5 rings (SSSR count). The SMILES string of the molecule is Cc1nc(NC(C)c2cccc(-c3cnc(N4CCC(O)CC4)nc3)c2)cc(-c2ccc(Cl)c(F)c2)n1. The lowest BCUT2D eigenvalue weighted by Crippen LogP contribution is -2.36. The Labute approximate surface area is 220 Å². The third kappa shape index (κ3) is 5.87. The first-order valence-electron chi connectivity index (χ1n) is 12.3. The minimum Gasteiger partial charge on any atom is -0.393 e. The van der Waals surface area contributed by atoms with Crippen molar-refractivity contribution in [1.82, 2.24) is 19.9 Å². The van der Waals surface area contributed by atoms with Crippen LogP contribution in [0.2, 0.25) is 5.02 Å². The van der Waals surface area contributed by atoms with Gasteiger partial charge in [0.05, 0.1) is 16.8 Å². The standard InChI is InChI=1S/C28H28ClFN6O/c1-17(33-27-14-26(34-18(2)35-27)21-6-7-24(29)25(30)13-21)19-4-3-5-20(12-19)22-15-31-28(32-16-22)36-10-8-23(37)9-11-36/h3-7,12-17,23,37H,8-11H2,1-2H3,(H,33,34,35). The first-order valence-corrected chi connectivity index (χ1v) is 12.7. The van der Waals surface area contributed by atoms with E-state index in [1.165, 1.54) is 12.1 Å². The summed E-state index contributed by atoms with van der Waals surface area (Å²) in [6.45, 7) is 5.39. The van der Waals surface area contributed by atoms with E-state index in [0.717, 1.165) is 42.6 Å². The van der Waals surface area contributed by atoms with Crippen LogP contribution in [0.25, 0.3) is 22.4 Å². The Morgan fingerprint density at radius 2 is 1.76 bits per heavy atom. The Bertz CT molecular complexity index is 1390. The summed E-state index contributed by atoms with van der Waals surface area (Å²) < 4.78 is 14.0. The summed E-state index contributed by atoms with van der Waals surface area (Å²) >= 11 is 5.83. The number of aromatic nitrogens is 4. The normalized spacial score (nSPS) is 15.0. The van der Waals surface area contributed by atoms with Gasteiger partial charge >= 0.3 is 0 Å². The van der Waals surface area contributed by atoms with Crippen molar-refractivity contribution in [2.24, 2.45) is 0 Å². The molecule has 1 aliphatic heterocycles. The number of anilines is 2. The highest BCUT2D eigenvalue weighted by Crippen LogP contribution is 2.28. The average Bonchev–Trinajstić information content (AvgIpc) is 2.90. The van der Waals surface area contributed by atoms with Gasteiger partial charge in [0.25, 0.3) is 0 Å². The molecule has 1 aliphatic rings. The van der Waals surface area contributed by atoms with E-state index in [9.17, 15) is 9.50 Å². The van der Waals surface area contributed by atoms with Gasteiger partial charge in [-0.1, -0.05) is 35.9 Å². The number of rotatable bonds is 6. The molecule has 0 aliphatic carbocycles. The second-order valence-corrected chi connectivity index (χ2v) is 9.70. The van der Waals surface area contributed by atoms with Crippen LogP contribution in [0.5, 0.6) is 0 Å². The first-order chi connectivity index (χ1) is 17.9. The van der Waals surface area contributed by atoms with Crippen LogP contribution in [0.4, 0.5) is 16.2 Å². The van der Waals surface area contributed by atoms with Gasteiger partial charge in [-0.25, -0.2) is 24.3 Å². The number of aliphatic hydroxyl groups excluding tert-OH is 1. The van der Waals surface area contributed by atoms with Crippen LogP contribution in [0, 0.1) is 12.7 Å². The first kappa shape index (κ1) is 25.0. The van der Waals surface area contributed by atoms with Crippen LogP contribution in [0.3, 0.4) is 0 Å². The molecule has 2 aromatic heterocycles. The summed E-state index contributed by atoms with van der Waals surface area (Å²) in [5.41, 5.74) is 4.27. The highest BCUT2D eigenvalue weighted by atomic mass is 35.5. The molecule has 0 amide bonds. The number of nitrogens with zero attached hydrogens (tertiary/aromatic N) is 5. The zero-order valence-corrected chi connectivity index (χ0v) is 21.5. The van der Waals surface area contributed by atoms with Crippen molar-refractivity contribution < 1.29 is 9.50 Å². The van der Waals surface area contributed by atoms with Crippen molar-refractivity contribution in [3.63, 3.8) is 0 Å². The van der Waals surface area contributed by atoms with Gasteiger partial charge in [-0.2, -0.15) is 0 Å². The molecule has 0 radical (unpaired) electrons. The molecular weight excluding hydrogens is 491 g/mol. The lowest BCUT2D eigenvalue weighted by atomic mass is 10.0. The fourth-order valence-electron chi connectivity index (χ4n) is 4.44. The maximum absolute atomic E-state index is 14.0. The van der Waals surface area contributed by atoms with Gasteiger partial charge in [0.2, 0.25) is 5.95 Å². The summed E-state index contributed by atoms with van der Waals surface area (Å²) in [7, 11) is 0. The Morgan fingerprint density at radius 1 is 1.00 bits per heavy atom. The molecule has 37 heavy (non-hydrogen) atoms. The quantitative estimate of drug-likeness (QED) is 0.332. The van der Waals surface area contributed by atoms with Crippen molar-refractivity contribution in [3.8, 4) is 22.4 Å². The van der Waals surface area contributed by atoms with Crippen LogP contribution >= 0.6 is 11.6 Å². The van der Waals surface area contributed by atoms with Gasteiger partial charge in [0.1, 0.15) is 17.5 Å². The fraction of sp³-hybridized carbons (Fsp3) is 0.286. The summed E-state index contributed by atoms with van der Waals surface area (Å²) in [5, 5.41) is 13.2. The zero-order chi connectivity index (χ0) is 25.9. The van der Waals surface area contributed by atoms with Crippen LogP contribution < -0.4 is 10.2 Å². The number of aliphatic hydroxyl groups is 1. The maximum atomic E-state index is 14.0. The van der Waals surface area contributed by atoms with Crippen molar-refractivity contribution in [2.75, 3.05) is 23.3 Å². The third-order valence-electron chi connectivity index (χ3n) is 6.52. The Morgan fingerprint density at radius 3 is 2.49 bits per heavy atom. The number of nitrogens with one attached hydrogen (secondary N) is 1. The van der Waals surface area contributed by atoms with E-state index in [0.29, 0.717) is 28.8 Å². The van der Waals surface area contributed by atoms with E-state index in [1.54, 1.807) is 6.07 Å². The third-order valence-corrected chi connectivity index (χ3v) is 6.83. The fourth-order valence-corrected chi connectivity index (χ4v) is 4.55. The zero-order valence-electron chi connectivity index (χ0n) is 20.7. The summed E-state index contributed by atoms with van der Waals surface area (Å²) in [6, 6.07) is 14.6. The summed E-state index contributed by atoms with van der Waals surface area (Å²) in [4.78, 5) is 20.2. The second-order valence-electron chi connectivity index (χ2n) is 9.30. The lowest BCUT2D eigenvalue weighted by Gasteiger charge is -2.29. The van der Waals surface area contributed by atoms with Crippen LogP contribution in [0.1, 0.15) is 37.2 Å². The molecule has 1 fully saturated rings. The molecule has 2 aromatic carbocycles. The molecule has 0 bridgehead atoms. The van der Waals surface area contributed by atoms with Gasteiger partial charge in [-0.05, 0) is 56.0 Å². The molecule has 1 unspecified atom stereocenters. The molecule has 7 nitrogen and oxygen atoms in total. The van der Waals surface area contributed by atoms with Gasteiger partial charge in [0.15, 0.2) is 0 Å². The molecule has 9 heteroatoms. The molecule has 190 valence electrons. The lowest BCUT2D eigenvalue weighted by molar-refractivity contribution is 0.145. The van der Waals surface area contributed by atoms with E-state index < -0.39 is 5.82 Å². The van der Waals surface area contributed by atoms with E-state index in [2.05, 4.69) is 49.2 Å². The topological polar surface area (TPSA) is 87.1 Å². The van der Waals surface area contributed by atoms with Gasteiger partial charge in [-0.3, -0.25) is 0 Å². The van der Waals surface area contributed by atoms with Gasteiger partial charge < -0.3 is 15.3 Å². The van der Waals surface area contributed by atoms with Gasteiger partial charge in [-0.15, -0.1) is 0 Å². The number of aryl methyl sites for hydroxylation is 1. The monoisotopic (exact) mass is 518 g/mol. The predicted octanol–water partition coefficient (Wildman–Crippen LogP) is 5.84. The molecule has 1 saturated heterocycles. The second kappa shape index (κ2) is 10.8. The molecule has 2 N–H and O–H groups in total. The van der Waals surface area contributed by atoms with Crippen molar-refractivity contribution in [1.29, 1.82) is 0 Å². The largest absolute Gasteiger partial charge is 0.393 e. The molecule has 4 aromatic rings. The molecule has 0 spiro atoms. The molecule has 0 saturated carbocycles. The number of halogens is 2. The summed E-state index contributed by atoms with van der Waals surface area (Å²) in [5.74, 6) is 1.44. The number of hydrogen-bond donors (Lipinski definition) is 2. The van der Waals surface area contributed by atoms with Crippen LogP contribution in [0.15, 0.2) is 60.9 Å². The van der Waals surface area contributed by atoms with Crippen molar-refractivity contribution >= 4 is 23.4 Å². The predicted molar refractivity (Wildman–Crippen MR) is 144 cm³/mol. The number of hydrogen-bond acceptors (Lipinski definition) is 7. The number of piperidine rings is 1. The highest BCUT2D eigenvalue weighted by molar-refractivity contribution is 6.30. The number of benzene rings is 2. The van der Waals surface area contributed by atoms with Gasteiger partial charge in [0, 0.05) is 48.7 Å². The van der Waals surface area contributed by atoms with Crippen LogP contribution in [-0.2, 0) is 0 Å². The maximum Gasteiger partial charge on any atom is 0.225 e. The highest BCUT2D eigenvalue weighted by Gasteiger charge is 2.19. The van der Waals surface area contributed by atoms with Crippen LogP contribution in [-0.4, -0.2) is 44.2 Å². The van der Waals surface area contributed by atoms with E-state index >= 15 is 0 Å². The Kier molecular flexibility index (Phi) is 7.30. The summed E-state index contributed by atoms with van der Waals surface area (Å²) in [6.07, 6.45) is 4.93. The smallest absolute Gasteiger partial charge is 0.225 e. The Balaban J connectivity index is 1.32. The minimum atomic E-state index is -0.484. The van der Waals surface area contributed by atoms with E-state index in [-0.39, 0.29) is 17.2 Å². The van der Waals surface area contributed by atoms with Crippen molar-refractivity contribution in [2.45, 2.75) is 38.8 Å².